The van der Waals surface area contributed by atoms with Gasteiger partial charge >= 0.3 is 5.69 Å². The fraction of sp³-hybridized carbons (Fsp3) is 0. The quantitative estimate of drug-likeness (QED) is 0.526. The van der Waals surface area contributed by atoms with Crippen molar-refractivity contribution in [1.29, 1.82) is 0 Å². The maximum atomic E-state index is 10.2. The van der Waals surface area contributed by atoms with Gasteiger partial charge in [-0.3, -0.25) is 10.1 Å². The summed E-state index contributed by atoms with van der Waals surface area (Å²) in [6.45, 7) is 0. The van der Waals surface area contributed by atoms with Crippen LogP contribution in [0.25, 0.3) is 0 Å². The van der Waals surface area contributed by atoms with Crippen molar-refractivity contribution in [3.8, 4) is 11.5 Å². The van der Waals surface area contributed by atoms with Gasteiger partial charge in [0.1, 0.15) is 15.8 Å². The smallest absolute Gasteiger partial charge is 0.312 e. The minimum Gasteiger partial charge on any atom is -0.506 e. The van der Waals surface area contributed by atoms with E-state index in [1.165, 1.54) is 12.1 Å². The summed E-state index contributed by atoms with van der Waals surface area (Å²) in [5, 5.41) is 28.7. The number of benzene rings is 2. The van der Waals surface area contributed by atoms with Gasteiger partial charge < -0.3 is 10.2 Å². The molecule has 0 fully saturated rings. The topological polar surface area (TPSA) is 83.6 Å². The number of aromatic hydroxyl groups is 2. The number of nitro benzene ring substituents is 1. The van der Waals surface area contributed by atoms with Gasteiger partial charge in [0.25, 0.3) is 0 Å². The predicted molar refractivity (Wildman–Crippen MR) is 82.9 cm³/mol. The van der Waals surface area contributed by atoms with Crippen LogP contribution in [0.4, 0.5) is 5.69 Å². The normalized spacial score (nSPS) is 9.71. The molecule has 2 aromatic carbocycles. The molecule has 0 unspecified atom stereocenters. The van der Waals surface area contributed by atoms with E-state index >= 15 is 0 Å². The Morgan fingerprint density at radius 2 is 1.48 bits per heavy atom. The van der Waals surface area contributed by atoms with Crippen LogP contribution in [-0.2, 0) is 0 Å². The summed E-state index contributed by atoms with van der Waals surface area (Å²) in [5.74, 6) is -0.585. The summed E-state index contributed by atoms with van der Waals surface area (Å²) in [7, 11) is 0. The zero-order valence-corrected chi connectivity index (χ0v) is 13.1. The highest BCUT2D eigenvalue weighted by molar-refractivity contribution is 6.43. The van der Waals surface area contributed by atoms with Gasteiger partial charge in [-0.05, 0) is 18.2 Å². The summed E-state index contributed by atoms with van der Waals surface area (Å²) in [5.41, 5.74) is -0.454. The summed E-state index contributed by atoms with van der Waals surface area (Å²) in [4.78, 5) is 9.49. The van der Waals surface area contributed by atoms with E-state index < -0.39 is 16.4 Å². The molecule has 0 saturated carbocycles. The average Bonchev–Trinajstić information content (AvgIpc) is 2.42. The van der Waals surface area contributed by atoms with Gasteiger partial charge in [-0.1, -0.05) is 52.5 Å². The van der Waals surface area contributed by atoms with Crippen LogP contribution in [0.1, 0.15) is 0 Å². The summed E-state index contributed by atoms with van der Waals surface area (Å²) in [6, 6.07) is 7.06. The molecule has 0 radical (unpaired) electrons. The summed E-state index contributed by atoms with van der Waals surface area (Å²) < 4.78 is 0. The maximum Gasteiger partial charge on any atom is 0.312 e. The van der Waals surface area contributed by atoms with Crippen LogP contribution >= 0.6 is 46.4 Å². The van der Waals surface area contributed by atoms with Crippen LogP contribution in [0.5, 0.6) is 11.5 Å². The number of phenolic OH excluding ortho intramolecular Hbond substituents is 2. The van der Waals surface area contributed by atoms with Gasteiger partial charge in [0.05, 0.1) is 15.0 Å². The molecular formula is C12H7Cl4NO4. The Labute approximate surface area is 139 Å². The monoisotopic (exact) mass is 369 g/mol. The molecule has 112 valence electrons. The van der Waals surface area contributed by atoms with Crippen LogP contribution in [0.2, 0.25) is 20.1 Å². The van der Waals surface area contributed by atoms with E-state index in [-0.39, 0.29) is 20.8 Å². The first-order valence-electron chi connectivity index (χ1n) is 5.20. The number of nitro groups is 1. The third-order valence-electron chi connectivity index (χ3n) is 2.18. The fourth-order valence-electron chi connectivity index (χ4n) is 1.17. The van der Waals surface area contributed by atoms with Crippen LogP contribution in [0, 0.1) is 10.1 Å². The minimum absolute atomic E-state index is 0.0177. The summed E-state index contributed by atoms with van der Waals surface area (Å²) in [6.07, 6.45) is 0. The van der Waals surface area contributed by atoms with Gasteiger partial charge in [0, 0.05) is 6.07 Å². The number of phenols is 2. The molecule has 0 amide bonds. The number of halogens is 4. The van der Waals surface area contributed by atoms with E-state index in [1.807, 2.05) is 0 Å². The van der Waals surface area contributed by atoms with E-state index in [0.717, 1.165) is 6.07 Å². The average molecular weight is 371 g/mol. The van der Waals surface area contributed by atoms with Crippen molar-refractivity contribution >= 4 is 52.1 Å². The lowest BCUT2D eigenvalue weighted by Gasteiger charge is -1.98. The molecule has 21 heavy (non-hydrogen) atoms. The fourth-order valence-corrected chi connectivity index (χ4v) is 1.78. The highest BCUT2D eigenvalue weighted by Gasteiger charge is 2.17. The first-order chi connectivity index (χ1) is 9.75. The molecule has 9 heteroatoms. The number of rotatable bonds is 1. The van der Waals surface area contributed by atoms with Gasteiger partial charge in [-0.25, -0.2) is 0 Å². The molecule has 2 aromatic rings. The highest BCUT2D eigenvalue weighted by atomic mass is 35.5. The Kier molecular flexibility index (Phi) is 6.36. The maximum absolute atomic E-state index is 10.2. The lowest BCUT2D eigenvalue weighted by atomic mass is 10.3. The van der Waals surface area contributed by atoms with Gasteiger partial charge in [-0.15, -0.1) is 0 Å². The van der Waals surface area contributed by atoms with Crippen molar-refractivity contribution < 1.29 is 15.1 Å². The highest BCUT2D eigenvalue weighted by Crippen LogP contribution is 2.38. The molecule has 0 saturated heterocycles. The molecular weight excluding hydrogens is 364 g/mol. The zero-order valence-electron chi connectivity index (χ0n) is 10.1. The van der Waals surface area contributed by atoms with Crippen molar-refractivity contribution in [1.82, 2.24) is 0 Å². The molecule has 5 nitrogen and oxygen atoms in total. The largest absolute Gasteiger partial charge is 0.506 e. The molecule has 0 atom stereocenters. The van der Waals surface area contributed by atoms with Crippen LogP contribution in [0.3, 0.4) is 0 Å². The molecule has 2 N–H and O–H groups in total. The Morgan fingerprint density at radius 3 is 1.95 bits per heavy atom. The standard InChI is InChI=1S/C6H3Cl2NO3.C6H4Cl2O/c7-3-1-2-4(9(11)12)6(10)5(3)8;7-4-2-1-3-5(9)6(4)8/h1-2,10H;1-3,9H. The molecule has 2 rings (SSSR count). The van der Waals surface area contributed by atoms with Gasteiger partial charge in [0.2, 0.25) is 5.75 Å². The SMILES string of the molecule is O=[N+]([O-])c1ccc(Cl)c(Cl)c1O.Oc1cccc(Cl)c1Cl. The van der Waals surface area contributed by atoms with E-state index in [9.17, 15) is 10.1 Å². The van der Waals surface area contributed by atoms with Crippen molar-refractivity contribution in [3.05, 3.63) is 60.5 Å². The van der Waals surface area contributed by atoms with Crippen LogP contribution < -0.4 is 0 Å². The molecule has 0 bridgehead atoms. The van der Waals surface area contributed by atoms with Gasteiger partial charge in [-0.2, -0.15) is 0 Å². The second-order valence-corrected chi connectivity index (χ2v) is 5.13. The second-order valence-electron chi connectivity index (χ2n) is 3.56. The van der Waals surface area contributed by atoms with Crippen LogP contribution in [-0.4, -0.2) is 15.1 Å². The van der Waals surface area contributed by atoms with Crippen molar-refractivity contribution in [2.45, 2.75) is 0 Å². The lowest BCUT2D eigenvalue weighted by Crippen LogP contribution is -1.88. The van der Waals surface area contributed by atoms with Crippen LogP contribution in [0.15, 0.2) is 30.3 Å². The third kappa shape index (κ3) is 4.54. The number of nitrogens with zero attached hydrogens (tertiary/aromatic N) is 1. The number of hydrogen-bond donors (Lipinski definition) is 2. The Balaban J connectivity index is 0.000000219. The Bertz CT molecular complexity index is 658. The van der Waals surface area contributed by atoms with E-state index in [1.54, 1.807) is 12.1 Å². The van der Waals surface area contributed by atoms with E-state index in [0.29, 0.717) is 5.02 Å². The lowest BCUT2D eigenvalue weighted by molar-refractivity contribution is -0.385. The van der Waals surface area contributed by atoms with E-state index in [2.05, 4.69) is 0 Å². The summed E-state index contributed by atoms with van der Waals surface area (Å²) >= 11 is 21.9. The molecule has 0 aliphatic heterocycles. The molecule has 0 aliphatic rings. The second kappa shape index (κ2) is 7.56. The predicted octanol–water partition coefficient (Wildman–Crippen LogP) is 5.31. The molecule has 0 spiro atoms. The Hall–Kier alpha value is -1.40. The number of hydrogen-bond acceptors (Lipinski definition) is 4. The molecule has 0 aromatic heterocycles. The van der Waals surface area contributed by atoms with Crippen molar-refractivity contribution in [2.75, 3.05) is 0 Å². The Morgan fingerprint density at radius 1 is 0.905 bits per heavy atom. The first-order valence-corrected chi connectivity index (χ1v) is 6.71. The third-order valence-corrected chi connectivity index (χ3v) is 3.78. The molecule has 0 aliphatic carbocycles. The van der Waals surface area contributed by atoms with Crippen molar-refractivity contribution in [3.63, 3.8) is 0 Å². The van der Waals surface area contributed by atoms with E-state index in [4.69, 9.17) is 56.6 Å². The molecule has 0 heterocycles. The van der Waals surface area contributed by atoms with Gasteiger partial charge in [0.15, 0.2) is 0 Å². The first kappa shape index (κ1) is 17.7. The zero-order chi connectivity index (χ0) is 16.2. The van der Waals surface area contributed by atoms with Crippen molar-refractivity contribution in [2.24, 2.45) is 0 Å². The minimum atomic E-state index is -0.739.